The summed E-state index contributed by atoms with van der Waals surface area (Å²) in [4.78, 5) is 3.52. The Morgan fingerprint density at radius 3 is 3.30 bits per heavy atom. The summed E-state index contributed by atoms with van der Waals surface area (Å²) < 4.78 is 12.4. The van der Waals surface area contributed by atoms with Gasteiger partial charge < -0.3 is 5.32 Å². The van der Waals surface area contributed by atoms with E-state index >= 15 is 0 Å². The third kappa shape index (κ3) is 1.69. The van der Waals surface area contributed by atoms with E-state index in [0.29, 0.717) is 6.42 Å². The van der Waals surface area contributed by atoms with Crippen molar-refractivity contribution in [3.63, 3.8) is 0 Å². The van der Waals surface area contributed by atoms with Crippen LogP contribution in [-0.4, -0.2) is 12.5 Å². The van der Waals surface area contributed by atoms with Gasteiger partial charge >= 0.3 is 0 Å². The van der Waals surface area contributed by atoms with Crippen LogP contribution in [0.25, 0.3) is 0 Å². The molecule has 0 saturated heterocycles. The maximum atomic E-state index is 12.4. The van der Waals surface area contributed by atoms with E-state index in [4.69, 9.17) is 0 Å². The van der Waals surface area contributed by atoms with E-state index in [1.807, 2.05) is 0 Å². The third-order valence-electron chi connectivity index (χ3n) is 1.20. The summed E-state index contributed by atoms with van der Waals surface area (Å²) in [5, 5.41) is 2.81. The molecular formula is C7H9FN2. The van der Waals surface area contributed by atoms with Crippen LogP contribution in [-0.2, 0) is 0 Å². The molecule has 0 aromatic rings. The third-order valence-corrected chi connectivity index (χ3v) is 1.20. The van der Waals surface area contributed by atoms with Gasteiger partial charge in [0.1, 0.15) is 0 Å². The quantitative estimate of drug-likeness (QED) is 0.575. The number of nitrogens with one attached hydrogen (secondary N) is 1. The molecule has 1 atom stereocenters. The summed E-state index contributed by atoms with van der Waals surface area (Å²) in [6.45, 7) is 3.46. The highest BCUT2D eigenvalue weighted by atomic mass is 19.1. The molecule has 1 unspecified atom stereocenters. The number of nitrogens with zero attached hydrogens (tertiary/aromatic N) is 1. The van der Waals surface area contributed by atoms with Gasteiger partial charge in [0.05, 0.1) is 0 Å². The van der Waals surface area contributed by atoms with Gasteiger partial charge in [-0.2, -0.15) is 0 Å². The van der Waals surface area contributed by atoms with Crippen molar-refractivity contribution in [2.45, 2.75) is 12.7 Å². The molecule has 1 aliphatic heterocycles. The molecule has 0 aromatic heterocycles. The van der Waals surface area contributed by atoms with E-state index in [-0.39, 0.29) is 0 Å². The van der Waals surface area contributed by atoms with Gasteiger partial charge in [-0.25, -0.2) is 4.39 Å². The molecule has 0 aromatic carbocycles. The Kier molecular flexibility index (Phi) is 2.20. The second-order valence-electron chi connectivity index (χ2n) is 1.98. The molecule has 0 spiro atoms. The van der Waals surface area contributed by atoms with Crippen LogP contribution >= 0.6 is 0 Å². The van der Waals surface area contributed by atoms with Crippen molar-refractivity contribution in [1.29, 1.82) is 0 Å². The average molecular weight is 140 g/mol. The van der Waals surface area contributed by atoms with Gasteiger partial charge in [-0.1, -0.05) is 6.58 Å². The second kappa shape index (κ2) is 3.15. The first kappa shape index (κ1) is 6.99. The molecule has 1 aliphatic rings. The molecule has 1 heterocycles. The lowest BCUT2D eigenvalue weighted by Gasteiger charge is -2.10. The second-order valence-corrected chi connectivity index (χ2v) is 1.98. The highest BCUT2D eigenvalue weighted by Crippen LogP contribution is 2.10. The van der Waals surface area contributed by atoms with Crippen LogP contribution in [0.5, 0.6) is 0 Å². The van der Waals surface area contributed by atoms with E-state index in [0.717, 1.165) is 5.70 Å². The molecule has 1 N–H and O–H groups in total. The number of halogens is 1. The van der Waals surface area contributed by atoms with Crippen LogP contribution in [0.2, 0.25) is 0 Å². The molecule has 2 nitrogen and oxygen atoms in total. The van der Waals surface area contributed by atoms with Crippen molar-refractivity contribution in [1.82, 2.24) is 5.32 Å². The molecule has 3 heteroatoms. The molecule has 0 bridgehead atoms. The first-order chi connectivity index (χ1) is 4.83. The van der Waals surface area contributed by atoms with E-state index in [1.165, 1.54) is 12.4 Å². The molecule has 0 fully saturated rings. The first-order valence-corrected chi connectivity index (χ1v) is 3.07. The zero-order chi connectivity index (χ0) is 7.40. The molecule has 0 radical (unpaired) electrons. The lowest BCUT2D eigenvalue weighted by atomic mass is 10.2. The number of alkyl halides is 1. The predicted octanol–water partition coefficient (Wildman–Crippen LogP) is 1.37. The summed E-state index contributed by atoms with van der Waals surface area (Å²) in [5.41, 5.74) is 0.817. The number of hydrogen-bond donors (Lipinski definition) is 1. The Labute approximate surface area is 59.2 Å². The summed E-state index contributed by atoms with van der Waals surface area (Å²) in [6, 6.07) is 0. The van der Waals surface area contributed by atoms with Crippen molar-refractivity contribution >= 4 is 6.21 Å². The minimum absolute atomic E-state index is 0.322. The normalized spacial score (nSPS) is 23.7. The van der Waals surface area contributed by atoms with E-state index in [2.05, 4.69) is 16.9 Å². The summed E-state index contributed by atoms with van der Waals surface area (Å²) in [7, 11) is 0. The molecule has 54 valence electrons. The van der Waals surface area contributed by atoms with Crippen LogP contribution in [0.1, 0.15) is 6.42 Å². The van der Waals surface area contributed by atoms with Crippen LogP contribution in [0.3, 0.4) is 0 Å². The minimum atomic E-state index is -1.09. The largest absolute Gasteiger partial charge is 0.365 e. The Bertz CT molecular complexity index is 184. The molecule has 0 saturated carbocycles. The smallest absolute Gasteiger partial charge is 0.195 e. The van der Waals surface area contributed by atoms with Crippen molar-refractivity contribution in [2.75, 3.05) is 0 Å². The monoisotopic (exact) mass is 140 g/mol. The SMILES string of the molecule is C=CNC1=CC=NC(F)C1. The number of aliphatic imine (C=N–C) groups is 1. The summed E-state index contributed by atoms with van der Waals surface area (Å²) in [6.07, 6.45) is 3.95. The Balaban J connectivity index is 2.52. The van der Waals surface area contributed by atoms with E-state index in [9.17, 15) is 4.39 Å². The number of dihydropyridines is 1. The molecular weight excluding hydrogens is 131 g/mol. The fourth-order valence-corrected chi connectivity index (χ4v) is 0.767. The van der Waals surface area contributed by atoms with Crippen molar-refractivity contribution < 1.29 is 4.39 Å². The Morgan fingerprint density at radius 1 is 1.90 bits per heavy atom. The topological polar surface area (TPSA) is 24.4 Å². The molecule has 0 aliphatic carbocycles. The highest BCUT2D eigenvalue weighted by Gasteiger charge is 2.08. The predicted molar refractivity (Wildman–Crippen MR) is 39.4 cm³/mol. The Morgan fingerprint density at radius 2 is 2.70 bits per heavy atom. The molecule has 0 amide bonds. The first-order valence-electron chi connectivity index (χ1n) is 3.07. The van der Waals surface area contributed by atoms with Crippen LogP contribution < -0.4 is 5.32 Å². The van der Waals surface area contributed by atoms with Crippen molar-refractivity contribution in [2.24, 2.45) is 4.99 Å². The fourth-order valence-electron chi connectivity index (χ4n) is 0.767. The van der Waals surface area contributed by atoms with E-state index < -0.39 is 6.30 Å². The Hall–Kier alpha value is -1.12. The molecule has 1 rings (SSSR count). The molecule has 10 heavy (non-hydrogen) atoms. The number of rotatable bonds is 2. The van der Waals surface area contributed by atoms with Crippen molar-refractivity contribution in [3.8, 4) is 0 Å². The van der Waals surface area contributed by atoms with Gasteiger partial charge in [0.2, 0.25) is 0 Å². The van der Waals surface area contributed by atoms with Gasteiger partial charge in [0.15, 0.2) is 6.30 Å². The fraction of sp³-hybridized carbons (Fsp3) is 0.286. The van der Waals surface area contributed by atoms with Crippen LogP contribution in [0, 0.1) is 0 Å². The number of hydrogen-bond acceptors (Lipinski definition) is 2. The summed E-state index contributed by atoms with van der Waals surface area (Å²) >= 11 is 0. The lowest BCUT2D eigenvalue weighted by Crippen LogP contribution is -2.13. The lowest BCUT2D eigenvalue weighted by molar-refractivity contribution is 0.340. The van der Waals surface area contributed by atoms with Gasteiger partial charge in [-0.3, -0.25) is 4.99 Å². The average Bonchev–Trinajstić information content (AvgIpc) is 1.88. The van der Waals surface area contributed by atoms with Gasteiger partial charge in [0, 0.05) is 18.3 Å². The van der Waals surface area contributed by atoms with Crippen molar-refractivity contribution in [3.05, 3.63) is 24.6 Å². The van der Waals surface area contributed by atoms with Crippen LogP contribution in [0.15, 0.2) is 29.5 Å². The standard InChI is InChI=1S/C7H9FN2/c1-2-9-6-3-4-10-7(8)5-6/h2-4,7,9H,1,5H2. The highest BCUT2D eigenvalue weighted by molar-refractivity contribution is 5.73. The van der Waals surface area contributed by atoms with Gasteiger partial charge in [-0.05, 0) is 12.3 Å². The van der Waals surface area contributed by atoms with Gasteiger partial charge in [-0.15, -0.1) is 0 Å². The zero-order valence-corrected chi connectivity index (χ0v) is 5.55. The maximum absolute atomic E-state index is 12.4. The van der Waals surface area contributed by atoms with E-state index in [1.54, 1.807) is 6.08 Å². The van der Waals surface area contributed by atoms with Gasteiger partial charge in [0.25, 0.3) is 0 Å². The minimum Gasteiger partial charge on any atom is -0.365 e. The van der Waals surface area contributed by atoms with Crippen LogP contribution in [0.4, 0.5) is 4.39 Å². The number of allylic oxidation sites excluding steroid dienone is 1. The summed E-state index contributed by atoms with van der Waals surface area (Å²) in [5.74, 6) is 0. The maximum Gasteiger partial charge on any atom is 0.195 e. The zero-order valence-electron chi connectivity index (χ0n) is 5.55.